The predicted molar refractivity (Wildman–Crippen MR) is 77.2 cm³/mol. The Labute approximate surface area is 113 Å². The van der Waals surface area contributed by atoms with Gasteiger partial charge in [-0.3, -0.25) is 4.21 Å². The SMILES string of the molecule is CCCNC1c2cc(C)ccc2S(=O)C(C)C1C. The normalized spacial score (nSPS) is 31.1. The number of benzene rings is 1. The lowest BCUT2D eigenvalue weighted by atomic mass is 9.90. The van der Waals surface area contributed by atoms with Crippen molar-refractivity contribution in [2.24, 2.45) is 5.92 Å². The van der Waals surface area contributed by atoms with E-state index in [0.29, 0.717) is 12.0 Å². The lowest BCUT2D eigenvalue weighted by Crippen LogP contribution is -2.39. The first-order valence-corrected chi connectivity index (χ1v) is 8.02. The van der Waals surface area contributed by atoms with Gasteiger partial charge in [-0.2, -0.15) is 0 Å². The van der Waals surface area contributed by atoms with Crippen LogP contribution >= 0.6 is 0 Å². The molecule has 2 nitrogen and oxygen atoms in total. The topological polar surface area (TPSA) is 29.1 Å². The molecule has 0 saturated heterocycles. The Morgan fingerprint density at radius 1 is 1.33 bits per heavy atom. The zero-order valence-corrected chi connectivity index (χ0v) is 12.5. The molecule has 1 heterocycles. The Kier molecular flexibility index (Phi) is 4.23. The molecule has 100 valence electrons. The molecule has 1 aromatic carbocycles. The van der Waals surface area contributed by atoms with E-state index in [1.165, 1.54) is 11.1 Å². The number of aryl methyl sites for hydroxylation is 1. The molecule has 0 spiro atoms. The van der Waals surface area contributed by atoms with Crippen molar-refractivity contribution in [3.05, 3.63) is 29.3 Å². The first-order chi connectivity index (χ1) is 8.56. The summed E-state index contributed by atoms with van der Waals surface area (Å²) in [4.78, 5) is 1.03. The minimum Gasteiger partial charge on any atom is -0.310 e. The molecular weight excluding hydrogens is 242 g/mol. The Balaban J connectivity index is 2.44. The van der Waals surface area contributed by atoms with Gasteiger partial charge in [0.05, 0.1) is 10.8 Å². The van der Waals surface area contributed by atoms with Gasteiger partial charge in [-0.25, -0.2) is 0 Å². The highest BCUT2D eigenvalue weighted by Crippen LogP contribution is 2.38. The monoisotopic (exact) mass is 265 g/mol. The highest BCUT2D eigenvalue weighted by atomic mass is 32.2. The van der Waals surface area contributed by atoms with Crippen LogP contribution in [0, 0.1) is 12.8 Å². The van der Waals surface area contributed by atoms with Crippen molar-refractivity contribution < 1.29 is 4.21 Å². The van der Waals surface area contributed by atoms with E-state index >= 15 is 0 Å². The second-order valence-corrected chi connectivity index (χ2v) is 7.11. The van der Waals surface area contributed by atoms with Crippen LogP contribution in [-0.4, -0.2) is 16.0 Å². The van der Waals surface area contributed by atoms with E-state index in [2.05, 4.69) is 45.1 Å². The van der Waals surface area contributed by atoms with Crippen molar-refractivity contribution in [2.45, 2.75) is 50.3 Å². The van der Waals surface area contributed by atoms with Crippen molar-refractivity contribution in [1.82, 2.24) is 5.32 Å². The summed E-state index contributed by atoms with van der Waals surface area (Å²) < 4.78 is 12.4. The van der Waals surface area contributed by atoms with Crippen molar-refractivity contribution in [3.8, 4) is 0 Å². The molecular formula is C15H23NOS. The van der Waals surface area contributed by atoms with Crippen LogP contribution in [0.2, 0.25) is 0 Å². The summed E-state index contributed by atoms with van der Waals surface area (Å²) in [7, 11) is -0.864. The van der Waals surface area contributed by atoms with Gasteiger partial charge in [0.25, 0.3) is 0 Å². The summed E-state index contributed by atoms with van der Waals surface area (Å²) in [6.45, 7) is 9.61. The molecule has 0 fully saturated rings. The first kappa shape index (κ1) is 13.8. The fraction of sp³-hybridized carbons (Fsp3) is 0.600. The first-order valence-electron chi connectivity index (χ1n) is 6.80. The third-order valence-corrected chi connectivity index (χ3v) is 5.85. The van der Waals surface area contributed by atoms with E-state index in [4.69, 9.17) is 0 Å². The van der Waals surface area contributed by atoms with Gasteiger partial charge >= 0.3 is 0 Å². The van der Waals surface area contributed by atoms with Gasteiger partial charge in [-0.05, 0) is 37.4 Å². The Morgan fingerprint density at radius 2 is 2.06 bits per heavy atom. The van der Waals surface area contributed by atoms with Crippen LogP contribution in [0.3, 0.4) is 0 Å². The van der Waals surface area contributed by atoms with E-state index in [1.54, 1.807) is 0 Å². The smallest absolute Gasteiger partial charge is 0.0564 e. The van der Waals surface area contributed by atoms with Gasteiger partial charge in [0, 0.05) is 16.2 Å². The van der Waals surface area contributed by atoms with E-state index < -0.39 is 10.8 Å². The maximum Gasteiger partial charge on any atom is 0.0564 e. The van der Waals surface area contributed by atoms with Crippen molar-refractivity contribution in [2.75, 3.05) is 6.54 Å². The molecule has 0 saturated carbocycles. The minimum atomic E-state index is -0.864. The molecule has 3 heteroatoms. The summed E-state index contributed by atoms with van der Waals surface area (Å²) in [6.07, 6.45) is 1.13. The van der Waals surface area contributed by atoms with Crippen molar-refractivity contribution in [1.29, 1.82) is 0 Å². The predicted octanol–water partition coefficient (Wildman–Crippen LogP) is 3.18. The fourth-order valence-corrected chi connectivity index (χ4v) is 4.21. The van der Waals surface area contributed by atoms with Gasteiger partial charge in [0.2, 0.25) is 0 Å². The van der Waals surface area contributed by atoms with Gasteiger partial charge in [-0.15, -0.1) is 0 Å². The number of hydrogen-bond acceptors (Lipinski definition) is 2. The molecule has 0 aromatic heterocycles. The van der Waals surface area contributed by atoms with Crippen LogP contribution in [0.5, 0.6) is 0 Å². The molecule has 0 aliphatic carbocycles. The highest BCUT2D eigenvalue weighted by Gasteiger charge is 2.35. The summed E-state index contributed by atoms with van der Waals surface area (Å²) in [5.74, 6) is 0.409. The van der Waals surface area contributed by atoms with Crippen molar-refractivity contribution in [3.63, 3.8) is 0 Å². The molecule has 1 aromatic rings. The van der Waals surface area contributed by atoms with Crippen LogP contribution in [0.4, 0.5) is 0 Å². The highest BCUT2D eigenvalue weighted by molar-refractivity contribution is 7.85. The second kappa shape index (κ2) is 5.54. The van der Waals surface area contributed by atoms with Crippen LogP contribution < -0.4 is 5.32 Å². The number of nitrogens with one attached hydrogen (secondary N) is 1. The van der Waals surface area contributed by atoms with Gasteiger partial charge in [-0.1, -0.05) is 38.5 Å². The van der Waals surface area contributed by atoms with Crippen LogP contribution in [0.15, 0.2) is 23.1 Å². The Hall–Kier alpha value is -0.670. The number of rotatable bonds is 3. The number of hydrogen-bond donors (Lipinski definition) is 1. The van der Waals surface area contributed by atoms with E-state index in [-0.39, 0.29) is 5.25 Å². The average molecular weight is 265 g/mol. The summed E-state index contributed by atoms with van der Waals surface area (Å²) in [5, 5.41) is 3.84. The minimum absolute atomic E-state index is 0.217. The summed E-state index contributed by atoms with van der Waals surface area (Å²) >= 11 is 0. The Bertz CT molecular complexity index is 458. The largest absolute Gasteiger partial charge is 0.310 e. The molecule has 0 amide bonds. The second-order valence-electron chi connectivity index (χ2n) is 5.33. The zero-order chi connectivity index (χ0) is 13.3. The molecule has 4 unspecified atom stereocenters. The molecule has 1 aliphatic heterocycles. The third kappa shape index (κ3) is 2.39. The lowest BCUT2D eigenvalue weighted by molar-refractivity contribution is 0.367. The van der Waals surface area contributed by atoms with Gasteiger partial charge < -0.3 is 5.32 Å². The molecule has 1 N–H and O–H groups in total. The van der Waals surface area contributed by atoms with Gasteiger partial charge in [0.1, 0.15) is 0 Å². The fourth-order valence-electron chi connectivity index (χ4n) is 2.64. The molecule has 0 bridgehead atoms. The van der Waals surface area contributed by atoms with Crippen LogP contribution in [0.25, 0.3) is 0 Å². The maximum absolute atomic E-state index is 12.4. The molecule has 18 heavy (non-hydrogen) atoms. The van der Waals surface area contributed by atoms with Crippen LogP contribution in [-0.2, 0) is 10.8 Å². The molecule has 4 atom stereocenters. The quantitative estimate of drug-likeness (QED) is 0.909. The molecule has 1 aliphatic rings. The van der Waals surface area contributed by atoms with Crippen molar-refractivity contribution >= 4 is 10.8 Å². The lowest BCUT2D eigenvalue weighted by Gasteiger charge is -2.36. The average Bonchev–Trinajstić information content (AvgIpc) is 2.36. The van der Waals surface area contributed by atoms with Gasteiger partial charge in [0.15, 0.2) is 0 Å². The summed E-state index contributed by atoms with van der Waals surface area (Å²) in [5.41, 5.74) is 2.49. The Morgan fingerprint density at radius 3 is 2.72 bits per heavy atom. The molecule has 2 rings (SSSR count). The standard InChI is InChI=1S/C15H23NOS/c1-5-8-16-15-11(3)12(4)18(17)14-7-6-10(2)9-13(14)15/h6-7,9,11-12,15-16H,5,8H2,1-4H3. The van der Waals surface area contributed by atoms with E-state index in [0.717, 1.165) is 17.9 Å². The third-order valence-electron chi connectivity index (χ3n) is 3.94. The summed E-state index contributed by atoms with van der Waals surface area (Å²) in [6, 6.07) is 6.65. The molecule has 0 radical (unpaired) electrons. The maximum atomic E-state index is 12.4. The van der Waals surface area contributed by atoms with E-state index in [9.17, 15) is 4.21 Å². The zero-order valence-electron chi connectivity index (χ0n) is 11.7. The van der Waals surface area contributed by atoms with Crippen LogP contribution in [0.1, 0.15) is 44.4 Å². The number of fused-ring (bicyclic) bond motifs is 1. The van der Waals surface area contributed by atoms with E-state index in [1.807, 2.05) is 6.07 Å².